The predicted octanol–water partition coefficient (Wildman–Crippen LogP) is 3.76. The summed E-state index contributed by atoms with van der Waals surface area (Å²) in [5.74, 6) is 0.169. The molecule has 0 fully saturated rings. The third-order valence-corrected chi connectivity index (χ3v) is 4.16. The van der Waals surface area contributed by atoms with Gasteiger partial charge in [0.25, 0.3) is 0 Å². The van der Waals surface area contributed by atoms with Crippen molar-refractivity contribution in [1.82, 2.24) is 5.32 Å². The molecule has 3 nitrogen and oxygen atoms in total. The van der Waals surface area contributed by atoms with Crippen molar-refractivity contribution in [3.63, 3.8) is 0 Å². The molecule has 0 heterocycles. The van der Waals surface area contributed by atoms with Crippen LogP contribution in [-0.2, 0) is 4.79 Å². The molecule has 1 amide bonds. The Morgan fingerprint density at radius 3 is 1.95 bits per heavy atom. The molecule has 0 aromatic carbocycles. The molecular weight excluding hydrogens is 236 g/mol. The predicted molar refractivity (Wildman–Crippen MR) is 83.1 cm³/mol. The number of nitrogens with one attached hydrogen (secondary N) is 1. The Morgan fingerprint density at radius 2 is 1.47 bits per heavy atom. The highest BCUT2D eigenvalue weighted by Gasteiger charge is 2.25. The van der Waals surface area contributed by atoms with E-state index in [1.54, 1.807) is 0 Å². The molecule has 3 N–H and O–H groups in total. The molecule has 0 aliphatic carbocycles. The molecule has 0 aromatic rings. The molecule has 0 rings (SSSR count). The van der Waals surface area contributed by atoms with Crippen LogP contribution in [0, 0.1) is 0 Å². The first-order valence-corrected chi connectivity index (χ1v) is 8.15. The first kappa shape index (κ1) is 18.4. The number of hydrogen-bond acceptors (Lipinski definition) is 2. The third kappa shape index (κ3) is 8.25. The van der Waals surface area contributed by atoms with Gasteiger partial charge in [-0.05, 0) is 19.3 Å². The Morgan fingerprint density at radius 1 is 0.947 bits per heavy atom. The van der Waals surface area contributed by atoms with Crippen molar-refractivity contribution in [3.8, 4) is 0 Å². The van der Waals surface area contributed by atoms with Gasteiger partial charge in [0.05, 0.1) is 5.54 Å². The Kier molecular flexibility index (Phi) is 10.9. The average Bonchev–Trinajstić information content (AvgIpc) is 2.44. The minimum absolute atomic E-state index is 0.169. The smallest absolute Gasteiger partial charge is 0.220 e. The summed E-state index contributed by atoms with van der Waals surface area (Å²) in [5.41, 5.74) is 5.60. The van der Waals surface area contributed by atoms with E-state index in [0.29, 0.717) is 13.0 Å². The molecule has 114 valence electrons. The van der Waals surface area contributed by atoms with Gasteiger partial charge >= 0.3 is 0 Å². The molecule has 0 radical (unpaired) electrons. The summed E-state index contributed by atoms with van der Waals surface area (Å²) in [4.78, 5) is 11.9. The molecule has 0 saturated carbocycles. The highest BCUT2D eigenvalue weighted by molar-refractivity contribution is 5.76. The lowest BCUT2D eigenvalue weighted by atomic mass is 9.92. The van der Waals surface area contributed by atoms with Crippen molar-refractivity contribution >= 4 is 5.91 Å². The Hall–Kier alpha value is -0.570. The standard InChI is InChI=1S/C16H34N2O/c1-4-7-8-9-10-11-12-13-15(19)18-16(5-2,6-3)14-17/h4-14,17H2,1-3H3,(H,18,19). The molecule has 0 aliphatic heterocycles. The maximum atomic E-state index is 11.9. The van der Waals surface area contributed by atoms with Crippen LogP contribution in [0.5, 0.6) is 0 Å². The first-order chi connectivity index (χ1) is 9.14. The maximum absolute atomic E-state index is 11.9. The molecule has 0 saturated heterocycles. The van der Waals surface area contributed by atoms with E-state index in [-0.39, 0.29) is 11.4 Å². The number of carbonyl (C=O) groups excluding carboxylic acids is 1. The Labute approximate surface area is 119 Å². The highest BCUT2D eigenvalue weighted by atomic mass is 16.1. The van der Waals surface area contributed by atoms with Crippen molar-refractivity contribution in [1.29, 1.82) is 0 Å². The lowest BCUT2D eigenvalue weighted by Crippen LogP contribution is -2.52. The summed E-state index contributed by atoms with van der Waals surface area (Å²) in [6.07, 6.45) is 11.2. The second-order valence-electron chi connectivity index (χ2n) is 5.61. The number of amides is 1. The molecule has 0 atom stereocenters. The number of hydrogen-bond donors (Lipinski definition) is 2. The third-order valence-electron chi connectivity index (χ3n) is 4.16. The molecule has 0 spiro atoms. The van der Waals surface area contributed by atoms with E-state index in [2.05, 4.69) is 26.1 Å². The van der Waals surface area contributed by atoms with Gasteiger partial charge in [-0.3, -0.25) is 4.79 Å². The largest absolute Gasteiger partial charge is 0.349 e. The van der Waals surface area contributed by atoms with E-state index in [1.807, 2.05) is 0 Å². The van der Waals surface area contributed by atoms with Crippen LogP contribution in [0.1, 0.15) is 85.0 Å². The van der Waals surface area contributed by atoms with E-state index in [9.17, 15) is 4.79 Å². The van der Waals surface area contributed by atoms with E-state index in [4.69, 9.17) is 5.73 Å². The van der Waals surface area contributed by atoms with Crippen LogP contribution in [0.4, 0.5) is 0 Å². The van der Waals surface area contributed by atoms with Crippen LogP contribution in [0.25, 0.3) is 0 Å². The zero-order valence-corrected chi connectivity index (χ0v) is 13.3. The minimum Gasteiger partial charge on any atom is -0.349 e. The summed E-state index contributed by atoms with van der Waals surface area (Å²) in [6, 6.07) is 0. The average molecular weight is 270 g/mol. The minimum atomic E-state index is -0.182. The van der Waals surface area contributed by atoms with E-state index in [0.717, 1.165) is 19.3 Å². The lowest BCUT2D eigenvalue weighted by Gasteiger charge is -2.31. The van der Waals surface area contributed by atoms with Crippen molar-refractivity contribution in [2.24, 2.45) is 5.73 Å². The van der Waals surface area contributed by atoms with E-state index >= 15 is 0 Å². The van der Waals surface area contributed by atoms with E-state index < -0.39 is 0 Å². The molecule has 0 aliphatic rings. The molecule has 19 heavy (non-hydrogen) atoms. The van der Waals surface area contributed by atoms with Crippen molar-refractivity contribution < 1.29 is 4.79 Å². The lowest BCUT2D eigenvalue weighted by molar-refractivity contribution is -0.123. The fourth-order valence-corrected chi connectivity index (χ4v) is 2.37. The summed E-state index contributed by atoms with van der Waals surface area (Å²) in [6.45, 7) is 6.94. The Balaban J connectivity index is 3.69. The fraction of sp³-hybridized carbons (Fsp3) is 0.938. The quantitative estimate of drug-likeness (QED) is 0.530. The van der Waals surface area contributed by atoms with Crippen molar-refractivity contribution in [3.05, 3.63) is 0 Å². The van der Waals surface area contributed by atoms with Crippen molar-refractivity contribution in [2.75, 3.05) is 6.54 Å². The van der Waals surface area contributed by atoms with Crippen LogP contribution in [0.3, 0.4) is 0 Å². The van der Waals surface area contributed by atoms with Crippen LogP contribution >= 0.6 is 0 Å². The summed E-state index contributed by atoms with van der Waals surface area (Å²) in [5, 5.41) is 3.13. The van der Waals surface area contributed by atoms with Gasteiger partial charge in [0.1, 0.15) is 0 Å². The topological polar surface area (TPSA) is 55.1 Å². The number of nitrogens with two attached hydrogens (primary N) is 1. The molecule has 0 bridgehead atoms. The van der Waals surface area contributed by atoms with Crippen molar-refractivity contribution in [2.45, 2.75) is 90.5 Å². The van der Waals surface area contributed by atoms with Gasteiger partial charge in [-0.15, -0.1) is 0 Å². The summed E-state index contributed by atoms with van der Waals surface area (Å²) in [7, 11) is 0. The molecule has 0 aromatic heterocycles. The summed E-state index contributed by atoms with van der Waals surface area (Å²) < 4.78 is 0. The SMILES string of the molecule is CCCCCCCCCC(=O)NC(CC)(CC)CN. The number of rotatable bonds is 12. The molecule has 0 unspecified atom stereocenters. The highest BCUT2D eigenvalue weighted by Crippen LogP contribution is 2.14. The van der Waals surface area contributed by atoms with Gasteiger partial charge < -0.3 is 11.1 Å². The van der Waals surface area contributed by atoms with Crippen LogP contribution in [0.15, 0.2) is 0 Å². The first-order valence-electron chi connectivity index (χ1n) is 8.15. The second-order valence-corrected chi connectivity index (χ2v) is 5.61. The normalized spacial score (nSPS) is 11.6. The maximum Gasteiger partial charge on any atom is 0.220 e. The van der Waals surface area contributed by atoms with E-state index in [1.165, 1.54) is 38.5 Å². The second kappa shape index (κ2) is 11.3. The van der Waals surface area contributed by atoms with Gasteiger partial charge in [0.15, 0.2) is 0 Å². The molecular formula is C16H34N2O. The Bertz CT molecular complexity index is 217. The number of unbranched alkanes of at least 4 members (excludes halogenated alkanes) is 6. The van der Waals surface area contributed by atoms with Gasteiger partial charge in [-0.2, -0.15) is 0 Å². The van der Waals surface area contributed by atoms with Gasteiger partial charge in [-0.1, -0.05) is 59.3 Å². The molecule has 3 heteroatoms. The van der Waals surface area contributed by atoms with Crippen LogP contribution in [-0.4, -0.2) is 18.0 Å². The zero-order valence-electron chi connectivity index (χ0n) is 13.3. The van der Waals surface area contributed by atoms with Crippen LogP contribution in [0.2, 0.25) is 0 Å². The van der Waals surface area contributed by atoms with Gasteiger partial charge in [0.2, 0.25) is 5.91 Å². The monoisotopic (exact) mass is 270 g/mol. The zero-order chi connectivity index (χ0) is 14.6. The fourth-order valence-electron chi connectivity index (χ4n) is 2.37. The van der Waals surface area contributed by atoms with Gasteiger partial charge in [-0.25, -0.2) is 0 Å². The number of carbonyl (C=O) groups is 1. The van der Waals surface area contributed by atoms with Gasteiger partial charge in [0, 0.05) is 13.0 Å². The van der Waals surface area contributed by atoms with Crippen LogP contribution < -0.4 is 11.1 Å². The summed E-state index contributed by atoms with van der Waals surface area (Å²) >= 11 is 0.